The molecular formula is C19H25N5O3S. The van der Waals surface area contributed by atoms with Crippen molar-refractivity contribution in [1.82, 2.24) is 14.1 Å². The van der Waals surface area contributed by atoms with E-state index in [9.17, 15) is 13.2 Å². The molecule has 0 bridgehead atoms. The Balaban J connectivity index is 1.86. The van der Waals surface area contributed by atoms with E-state index >= 15 is 0 Å². The Kier molecular flexibility index (Phi) is 8.40. The van der Waals surface area contributed by atoms with Crippen LogP contribution in [0.2, 0.25) is 0 Å². The average molecular weight is 404 g/mol. The van der Waals surface area contributed by atoms with Crippen LogP contribution in [0.25, 0.3) is 0 Å². The molecule has 9 heteroatoms. The van der Waals surface area contributed by atoms with Crippen LogP contribution in [0.1, 0.15) is 18.4 Å². The Morgan fingerprint density at radius 1 is 1.00 bits per heavy atom. The van der Waals surface area contributed by atoms with Crippen molar-refractivity contribution in [3.63, 3.8) is 0 Å². The van der Waals surface area contributed by atoms with E-state index in [4.69, 9.17) is 10.5 Å². The molecule has 150 valence electrons. The van der Waals surface area contributed by atoms with Gasteiger partial charge in [0.1, 0.15) is 0 Å². The molecule has 0 radical (unpaired) electrons. The van der Waals surface area contributed by atoms with Crippen molar-refractivity contribution in [2.24, 2.45) is 0 Å². The number of hydrogen-bond acceptors (Lipinski definition) is 6. The summed E-state index contributed by atoms with van der Waals surface area (Å²) in [7, 11) is -3.39. The molecule has 0 atom stereocenters. The van der Waals surface area contributed by atoms with Gasteiger partial charge in [-0.1, -0.05) is 30.3 Å². The summed E-state index contributed by atoms with van der Waals surface area (Å²) >= 11 is 0. The number of carbonyl (C=O) groups is 1. The molecule has 1 aromatic rings. The Labute approximate surface area is 166 Å². The molecule has 1 aliphatic rings. The molecule has 8 nitrogen and oxygen atoms in total. The van der Waals surface area contributed by atoms with Gasteiger partial charge in [0.15, 0.2) is 0 Å². The largest absolute Gasteiger partial charge is 0.340 e. The lowest BCUT2D eigenvalue weighted by molar-refractivity contribution is -0.132. The summed E-state index contributed by atoms with van der Waals surface area (Å²) in [4.78, 5) is 15.9. The van der Waals surface area contributed by atoms with Crippen LogP contribution in [-0.2, 0) is 20.6 Å². The van der Waals surface area contributed by atoms with E-state index in [2.05, 4.69) is 0 Å². The number of hydrogen-bond donors (Lipinski definition) is 0. The van der Waals surface area contributed by atoms with Crippen molar-refractivity contribution in [2.75, 3.05) is 45.8 Å². The summed E-state index contributed by atoms with van der Waals surface area (Å²) in [5, 5.41) is 17.5. The van der Waals surface area contributed by atoms with Crippen LogP contribution in [-0.4, -0.2) is 74.2 Å². The summed E-state index contributed by atoms with van der Waals surface area (Å²) in [5.41, 5.74) is 0.755. The van der Waals surface area contributed by atoms with E-state index in [0.29, 0.717) is 39.3 Å². The van der Waals surface area contributed by atoms with E-state index < -0.39 is 10.0 Å². The van der Waals surface area contributed by atoms with Crippen molar-refractivity contribution in [3.8, 4) is 12.1 Å². The normalized spacial score (nSPS) is 15.5. The maximum atomic E-state index is 12.6. The molecule has 0 aromatic heterocycles. The van der Waals surface area contributed by atoms with Gasteiger partial charge < -0.3 is 4.90 Å². The molecule has 0 unspecified atom stereocenters. The zero-order chi connectivity index (χ0) is 20.4. The highest BCUT2D eigenvalue weighted by Crippen LogP contribution is 2.14. The molecular weight excluding hydrogens is 378 g/mol. The Hall–Kier alpha value is -2.46. The van der Waals surface area contributed by atoms with Gasteiger partial charge >= 0.3 is 0 Å². The first-order valence-corrected chi connectivity index (χ1v) is 10.8. The third-order valence-electron chi connectivity index (χ3n) is 4.62. The van der Waals surface area contributed by atoms with Gasteiger partial charge in [-0.15, -0.1) is 0 Å². The van der Waals surface area contributed by atoms with E-state index in [1.807, 2.05) is 35.2 Å². The van der Waals surface area contributed by atoms with Crippen LogP contribution in [0.5, 0.6) is 0 Å². The second-order valence-electron chi connectivity index (χ2n) is 6.61. The number of benzene rings is 1. The molecule has 1 heterocycles. The molecule has 0 spiro atoms. The van der Waals surface area contributed by atoms with Crippen LogP contribution in [0.15, 0.2) is 30.3 Å². The minimum atomic E-state index is -3.39. The number of rotatable bonds is 9. The lowest BCUT2D eigenvalue weighted by Gasteiger charge is -2.34. The van der Waals surface area contributed by atoms with Crippen LogP contribution < -0.4 is 0 Å². The standard InChI is InChI=1S/C19H25N5O3S/c20-8-4-10-23(11-5-9-21)19(25)16-22-12-14-24(15-13-22)28(26,27)17-18-6-2-1-3-7-18/h1-3,6-7H,4-5,10-17H2. The third kappa shape index (κ3) is 6.61. The maximum absolute atomic E-state index is 12.6. The van der Waals surface area contributed by atoms with E-state index in [-0.39, 0.29) is 31.0 Å². The lowest BCUT2D eigenvalue weighted by atomic mass is 10.2. The number of nitrogens with zero attached hydrogens (tertiary/aromatic N) is 5. The molecule has 2 rings (SSSR count). The monoisotopic (exact) mass is 403 g/mol. The molecule has 1 aliphatic heterocycles. The van der Waals surface area contributed by atoms with Crippen molar-refractivity contribution >= 4 is 15.9 Å². The molecule has 0 aliphatic carbocycles. The first kappa shape index (κ1) is 21.8. The van der Waals surface area contributed by atoms with Gasteiger partial charge in [-0.3, -0.25) is 9.69 Å². The maximum Gasteiger partial charge on any atom is 0.236 e. The van der Waals surface area contributed by atoms with Crippen molar-refractivity contribution in [3.05, 3.63) is 35.9 Å². The molecule has 0 saturated carbocycles. The average Bonchev–Trinajstić information content (AvgIpc) is 2.69. The third-order valence-corrected chi connectivity index (χ3v) is 6.47. The van der Waals surface area contributed by atoms with Crippen molar-refractivity contribution in [1.29, 1.82) is 10.5 Å². The minimum Gasteiger partial charge on any atom is -0.340 e. The second-order valence-corrected chi connectivity index (χ2v) is 8.58. The molecule has 1 amide bonds. The Morgan fingerprint density at radius 2 is 1.57 bits per heavy atom. The van der Waals surface area contributed by atoms with Crippen LogP contribution in [0, 0.1) is 22.7 Å². The molecule has 1 saturated heterocycles. The number of sulfonamides is 1. The predicted octanol–water partition coefficient (Wildman–Crippen LogP) is 0.790. The number of nitriles is 2. The zero-order valence-electron chi connectivity index (χ0n) is 15.8. The molecule has 1 aromatic carbocycles. The fraction of sp³-hybridized carbons (Fsp3) is 0.526. The summed E-state index contributed by atoms with van der Waals surface area (Å²) in [6.07, 6.45) is 0.450. The van der Waals surface area contributed by atoms with Crippen molar-refractivity contribution < 1.29 is 13.2 Å². The van der Waals surface area contributed by atoms with E-state index in [1.165, 1.54) is 9.21 Å². The van der Waals surface area contributed by atoms with Crippen LogP contribution in [0.3, 0.4) is 0 Å². The SMILES string of the molecule is N#CCCN(CCC#N)C(=O)CN1CCN(S(=O)(=O)Cc2ccccc2)CC1. The van der Waals surface area contributed by atoms with E-state index in [0.717, 1.165) is 5.56 Å². The van der Waals surface area contributed by atoms with Gasteiger partial charge in [-0.2, -0.15) is 14.8 Å². The van der Waals surface area contributed by atoms with E-state index in [1.54, 1.807) is 12.1 Å². The zero-order valence-corrected chi connectivity index (χ0v) is 16.6. The quantitative estimate of drug-likeness (QED) is 0.603. The molecule has 1 fully saturated rings. The van der Waals surface area contributed by atoms with Crippen molar-refractivity contribution in [2.45, 2.75) is 18.6 Å². The highest BCUT2D eigenvalue weighted by atomic mass is 32.2. The fourth-order valence-corrected chi connectivity index (χ4v) is 4.58. The Morgan fingerprint density at radius 3 is 2.11 bits per heavy atom. The van der Waals surface area contributed by atoms with Gasteiger partial charge in [0.05, 0.1) is 37.3 Å². The van der Waals surface area contributed by atoms with Crippen LogP contribution in [0.4, 0.5) is 0 Å². The summed E-state index contributed by atoms with van der Waals surface area (Å²) in [6, 6.07) is 13.1. The van der Waals surface area contributed by atoms with Gasteiger partial charge in [0.25, 0.3) is 0 Å². The summed E-state index contributed by atoms with van der Waals surface area (Å²) < 4.78 is 26.7. The molecule has 28 heavy (non-hydrogen) atoms. The van der Waals surface area contributed by atoms with Gasteiger partial charge in [0.2, 0.25) is 15.9 Å². The smallest absolute Gasteiger partial charge is 0.236 e. The van der Waals surface area contributed by atoms with Gasteiger partial charge in [-0.05, 0) is 5.56 Å². The lowest BCUT2D eigenvalue weighted by Crippen LogP contribution is -2.51. The highest BCUT2D eigenvalue weighted by Gasteiger charge is 2.28. The predicted molar refractivity (Wildman–Crippen MR) is 104 cm³/mol. The second kappa shape index (κ2) is 10.8. The van der Waals surface area contributed by atoms with Gasteiger partial charge in [0, 0.05) is 39.3 Å². The summed E-state index contributed by atoms with van der Waals surface area (Å²) in [5.74, 6) is -0.158. The highest BCUT2D eigenvalue weighted by molar-refractivity contribution is 7.88. The van der Waals surface area contributed by atoms with Gasteiger partial charge in [-0.25, -0.2) is 8.42 Å². The minimum absolute atomic E-state index is 0.0249. The first-order chi connectivity index (χ1) is 13.5. The number of piperazine rings is 1. The van der Waals surface area contributed by atoms with Crippen LogP contribution >= 0.6 is 0 Å². The number of carbonyl (C=O) groups excluding carboxylic acids is 1. The molecule has 0 N–H and O–H groups in total. The first-order valence-electron chi connectivity index (χ1n) is 9.22. The fourth-order valence-electron chi connectivity index (χ4n) is 3.06. The summed E-state index contributed by atoms with van der Waals surface area (Å²) in [6.45, 7) is 2.43. The topological polar surface area (TPSA) is 109 Å². The Bertz CT molecular complexity index is 803. The number of amides is 1.